The molecule has 1 fully saturated rings. The van der Waals surface area contributed by atoms with Gasteiger partial charge in [-0.3, -0.25) is 9.59 Å². The molecule has 1 N–H and O–H groups in total. The van der Waals surface area contributed by atoms with E-state index in [9.17, 15) is 9.59 Å². The van der Waals surface area contributed by atoms with E-state index in [0.29, 0.717) is 11.6 Å². The molecule has 0 saturated carbocycles. The monoisotopic (exact) mass is 361 g/mol. The largest absolute Gasteiger partial charge is 0.497 e. The van der Waals surface area contributed by atoms with Crippen molar-refractivity contribution in [3.8, 4) is 5.75 Å². The van der Waals surface area contributed by atoms with E-state index < -0.39 is 11.5 Å². The van der Waals surface area contributed by atoms with Crippen molar-refractivity contribution in [2.75, 3.05) is 12.4 Å². The molecule has 2 heterocycles. The number of anilines is 1. The number of carbonyl (C=O) groups is 2. The normalized spacial score (nSPS) is 18.7. The molecule has 1 aromatic heterocycles. The number of amides is 1. The summed E-state index contributed by atoms with van der Waals surface area (Å²) >= 11 is 1.31. The third kappa shape index (κ3) is 3.96. The fraction of sp³-hybridized carbons (Fsp3) is 0.412. The van der Waals surface area contributed by atoms with Crippen LogP contribution in [0.2, 0.25) is 0 Å². The van der Waals surface area contributed by atoms with Gasteiger partial charge in [-0.2, -0.15) is 0 Å². The second kappa shape index (κ2) is 6.79. The number of rotatable bonds is 5. The molecule has 7 nitrogen and oxygen atoms in total. The van der Waals surface area contributed by atoms with E-state index in [-0.39, 0.29) is 18.3 Å². The highest BCUT2D eigenvalue weighted by Crippen LogP contribution is 2.33. The zero-order valence-electron chi connectivity index (χ0n) is 14.2. The molecule has 1 unspecified atom stereocenters. The minimum absolute atomic E-state index is 0.0797. The van der Waals surface area contributed by atoms with E-state index in [2.05, 4.69) is 15.5 Å². The van der Waals surface area contributed by atoms with Crippen molar-refractivity contribution in [1.82, 2.24) is 10.2 Å². The SMILES string of the molecule is COc1ccc(Cc2nnc(NC(=O)C3CC(=O)OC3(C)C)s2)cc1. The number of carbonyl (C=O) groups excluding carboxylic acids is 2. The molecule has 1 amide bonds. The Balaban J connectivity index is 1.63. The lowest BCUT2D eigenvalue weighted by molar-refractivity contribution is -0.147. The Bertz CT molecular complexity index is 785. The van der Waals surface area contributed by atoms with Gasteiger partial charge >= 0.3 is 5.97 Å². The second-order valence-electron chi connectivity index (χ2n) is 6.35. The molecular weight excluding hydrogens is 342 g/mol. The standard InChI is InChI=1S/C17H19N3O4S/c1-17(2)12(9-14(21)24-17)15(22)18-16-20-19-13(25-16)8-10-4-6-11(23-3)7-5-10/h4-7,12H,8-9H2,1-3H3,(H,18,20,22). The zero-order valence-corrected chi connectivity index (χ0v) is 15.1. The summed E-state index contributed by atoms with van der Waals surface area (Å²) in [5.41, 5.74) is 0.267. The van der Waals surface area contributed by atoms with Crippen molar-refractivity contribution in [2.45, 2.75) is 32.3 Å². The Morgan fingerprint density at radius 2 is 2.08 bits per heavy atom. The third-order valence-corrected chi connectivity index (χ3v) is 4.95. The maximum Gasteiger partial charge on any atom is 0.307 e. The summed E-state index contributed by atoms with van der Waals surface area (Å²) in [7, 11) is 1.62. The van der Waals surface area contributed by atoms with E-state index in [1.165, 1.54) is 11.3 Å². The Hall–Kier alpha value is -2.48. The molecule has 1 saturated heterocycles. The number of aromatic nitrogens is 2. The molecular formula is C17H19N3O4S. The number of nitrogens with zero attached hydrogens (tertiary/aromatic N) is 2. The average molecular weight is 361 g/mol. The van der Waals surface area contributed by atoms with Gasteiger partial charge in [-0.1, -0.05) is 23.5 Å². The summed E-state index contributed by atoms with van der Waals surface area (Å²) in [6, 6.07) is 7.70. The van der Waals surface area contributed by atoms with E-state index in [0.717, 1.165) is 16.3 Å². The first-order valence-corrected chi connectivity index (χ1v) is 8.67. The van der Waals surface area contributed by atoms with Crippen LogP contribution in [0.15, 0.2) is 24.3 Å². The van der Waals surface area contributed by atoms with E-state index in [4.69, 9.17) is 9.47 Å². The van der Waals surface area contributed by atoms with Crippen LogP contribution in [0.1, 0.15) is 30.8 Å². The predicted octanol–water partition coefficient (Wildman–Crippen LogP) is 2.42. The van der Waals surface area contributed by atoms with Gasteiger partial charge in [-0.05, 0) is 31.5 Å². The average Bonchev–Trinajstić information content (AvgIpc) is 3.10. The molecule has 0 radical (unpaired) electrons. The summed E-state index contributed by atoms with van der Waals surface area (Å²) in [6.07, 6.45) is 0.699. The van der Waals surface area contributed by atoms with Crippen LogP contribution in [0.5, 0.6) is 5.75 Å². The van der Waals surface area contributed by atoms with Crippen LogP contribution in [0, 0.1) is 5.92 Å². The molecule has 2 aromatic rings. The molecule has 1 aromatic carbocycles. The van der Waals surface area contributed by atoms with Crippen molar-refractivity contribution in [3.05, 3.63) is 34.8 Å². The molecule has 0 aliphatic carbocycles. The molecule has 132 valence electrons. The Morgan fingerprint density at radius 3 is 2.68 bits per heavy atom. The first-order chi connectivity index (χ1) is 11.9. The van der Waals surface area contributed by atoms with Crippen molar-refractivity contribution < 1.29 is 19.1 Å². The summed E-state index contributed by atoms with van der Waals surface area (Å²) in [6.45, 7) is 3.47. The lowest BCUT2D eigenvalue weighted by Gasteiger charge is -2.23. The fourth-order valence-electron chi connectivity index (χ4n) is 2.71. The molecule has 0 bridgehead atoms. The molecule has 3 rings (SSSR count). The van der Waals surface area contributed by atoms with Crippen molar-refractivity contribution >= 4 is 28.3 Å². The van der Waals surface area contributed by atoms with Crippen LogP contribution in [-0.2, 0) is 20.7 Å². The first kappa shape index (κ1) is 17.3. The lowest BCUT2D eigenvalue weighted by Crippen LogP contribution is -2.36. The van der Waals surface area contributed by atoms with Crippen LogP contribution >= 0.6 is 11.3 Å². The minimum atomic E-state index is -0.808. The number of cyclic esters (lactones) is 1. The maximum absolute atomic E-state index is 12.4. The topological polar surface area (TPSA) is 90.4 Å². The van der Waals surface area contributed by atoms with Crippen LogP contribution in [0.3, 0.4) is 0 Å². The Kier molecular flexibility index (Phi) is 4.71. The Morgan fingerprint density at radius 1 is 1.36 bits per heavy atom. The van der Waals surface area contributed by atoms with E-state index in [1.54, 1.807) is 21.0 Å². The van der Waals surface area contributed by atoms with Gasteiger partial charge in [0.2, 0.25) is 11.0 Å². The zero-order chi connectivity index (χ0) is 18.0. The number of hydrogen-bond acceptors (Lipinski definition) is 7. The molecule has 25 heavy (non-hydrogen) atoms. The highest BCUT2D eigenvalue weighted by Gasteiger charge is 2.46. The molecule has 1 atom stereocenters. The fourth-order valence-corrected chi connectivity index (χ4v) is 3.49. The van der Waals surface area contributed by atoms with Crippen LogP contribution < -0.4 is 10.1 Å². The van der Waals surface area contributed by atoms with Crippen molar-refractivity contribution in [1.29, 1.82) is 0 Å². The smallest absolute Gasteiger partial charge is 0.307 e. The van der Waals surface area contributed by atoms with Crippen molar-refractivity contribution in [3.63, 3.8) is 0 Å². The van der Waals surface area contributed by atoms with Gasteiger partial charge in [0.15, 0.2) is 0 Å². The first-order valence-electron chi connectivity index (χ1n) is 7.85. The van der Waals surface area contributed by atoms with Gasteiger partial charge in [0.05, 0.1) is 19.4 Å². The number of nitrogens with one attached hydrogen (secondary N) is 1. The lowest BCUT2D eigenvalue weighted by atomic mass is 9.90. The van der Waals surface area contributed by atoms with Gasteiger partial charge in [0.1, 0.15) is 16.4 Å². The summed E-state index contributed by atoms with van der Waals surface area (Å²) in [5.74, 6) is -0.371. The molecule has 1 aliphatic rings. The van der Waals surface area contributed by atoms with E-state index >= 15 is 0 Å². The quantitative estimate of drug-likeness (QED) is 0.823. The number of methoxy groups -OCH3 is 1. The van der Waals surface area contributed by atoms with Gasteiger partial charge < -0.3 is 14.8 Å². The number of hydrogen-bond donors (Lipinski definition) is 1. The minimum Gasteiger partial charge on any atom is -0.497 e. The summed E-state index contributed by atoms with van der Waals surface area (Å²) in [4.78, 5) is 23.8. The Labute approximate surface area is 149 Å². The predicted molar refractivity (Wildman–Crippen MR) is 92.6 cm³/mol. The third-order valence-electron chi connectivity index (χ3n) is 4.11. The highest BCUT2D eigenvalue weighted by atomic mass is 32.1. The van der Waals surface area contributed by atoms with Gasteiger partial charge in [0, 0.05) is 6.42 Å². The molecule has 1 aliphatic heterocycles. The van der Waals surface area contributed by atoms with Gasteiger partial charge in [0.25, 0.3) is 0 Å². The molecule has 0 spiro atoms. The number of ether oxygens (including phenoxy) is 2. The highest BCUT2D eigenvalue weighted by molar-refractivity contribution is 7.15. The van der Waals surface area contributed by atoms with Gasteiger partial charge in [-0.15, -0.1) is 10.2 Å². The number of esters is 1. The van der Waals surface area contributed by atoms with Gasteiger partial charge in [-0.25, -0.2) is 0 Å². The second-order valence-corrected chi connectivity index (χ2v) is 7.41. The van der Waals surface area contributed by atoms with Crippen molar-refractivity contribution in [2.24, 2.45) is 5.92 Å². The summed E-state index contributed by atoms with van der Waals surface area (Å²) in [5, 5.41) is 12.1. The van der Waals surface area contributed by atoms with Crippen LogP contribution in [0.25, 0.3) is 0 Å². The maximum atomic E-state index is 12.4. The number of benzene rings is 1. The van der Waals surface area contributed by atoms with E-state index in [1.807, 2.05) is 24.3 Å². The summed E-state index contributed by atoms with van der Waals surface area (Å²) < 4.78 is 10.3. The molecule has 8 heteroatoms. The van der Waals surface area contributed by atoms with Crippen LogP contribution in [-0.4, -0.2) is 34.8 Å². The van der Waals surface area contributed by atoms with Crippen LogP contribution in [0.4, 0.5) is 5.13 Å².